The van der Waals surface area contributed by atoms with Crippen molar-refractivity contribution in [1.82, 2.24) is 25.3 Å². The molecule has 0 spiro atoms. The smallest absolute Gasteiger partial charge is 0.239 e. The van der Waals surface area contributed by atoms with Crippen LogP contribution in [0.3, 0.4) is 0 Å². The molecule has 1 atom stereocenters. The van der Waals surface area contributed by atoms with Gasteiger partial charge >= 0.3 is 0 Å². The Hall–Kier alpha value is -2.09. The number of nitrogens with one attached hydrogen (secondary N) is 2. The number of hydrogen-bond acceptors (Lipinski definition) is 4. The quantitative estimate of drug-likeness (QED) is 0.584. The number of carbonyl (C=O) groups is 1. The molecule has 0 aliphatic carbocycles. The topological polar surface area (TPSA) is 83.8 Å². The molecule has 1 aromatic rings. The summed E-state index contributed by atoms with van der Waals surface area (Å²) in [6, 6.07) is 0. The second-order valence-corrected chi connectivity index (χ2v) is 5.50. The number of carbonyl (C=O) groups excluding carboxylic acids is 1. The highest BCUT2D eigenvalue weighted by molar-refractivity contribution is 5.86. The predicted octanol–water partition coefficient (Wildman–Crippen LogP) is -0.105. The average Bonchev–Trinajstić information content (AvgIpc) is 3.00. The minimum absolute atomic E-state index is 0.0231. The number of guanidine groups is 1. The van der Waals surface area contributed by atoms with Crippen LogP contribution >= 0.6 is 0 Å². The standard InChI is InChI=1S/C15H26N6O2/c1-4-5-17-14(22)9-18-15(16-2)21-6-7-23-13(11-21)12-8-19-20(3)10-12/h8,10,13H,4-7,9,11H2,1-3H3,(H,16,18)(H,17,22). The molecule has 1 saturated heterocycles. The molecule has 128 valence electrons. The summed E-state index contributed by atoms with van der Waals surface area (Å²) in [5, 5.41) is 10.1. The lowest BCUT2D eigenvalue weighted by atomic mass is 10.1. The lowest BCUT2D eigenvalue weighted by Crippen LogP contribution is -2.50. The summed E-state index contributed by atoms with van der Waals surface area (Å²) >= 11 is 0. The zero-order valence-corrected chi connectivity index (χ0v) is 14.1. The molecule has 1 aromatic heterocycles. The van der Waals surface area contributed by atoms with Crippen molar-refractivity contribution in [3.63, 3.8) is 0 Å². The molecule has 0 aromatic carbocycles. The highest BCUT2D eigenvalue weighted by Crippen LogP contribution is 2.21. The largest absolute Gasteiger partial charge is 0.370 e. The van der Waals surface area contributed by atoms with E-state index in [4.69, 9.17) is 4.74 Å². The maximum absolute atomic E-state index is 11.7. The van der Waals surface area contributed by atoms with Gasteiger partial charge in [-0.05, 0) is 6.42 Å². The van der Waals surface area contributed by atoms with Crippen LogP contribution in [0.1, 0.15) is 25.0 Å². The molecule has 2 heterocycles. The van der Waals surface area contributed by atoms with E-state index in [0.717, 1.165) is 18.5 Å². The van der Waals surface area contributed by atoms with Gasteiger partial charge in [0.15, 0.2) is 5.96 Å². The van der Waals surface area contributed by atoms with Crippen LogP contribution in [0.4, 0.5) is 0 Å². The van der Waals surface area contributed by atoms with Crippen LogP contribution in [-0.4, -0.2) is 66.4 Å². The number of aromatic nitrogens is 2. The Morgan fingerprint density at radius 3 is 3.00 bits per heavy atom. The van der Waals surface area contributed by atoms with Gasteiger partial charge in [0, 0.05) is 38.9 Å². The SMILES string of the molecule is CCCNC(=O)CNC(=NC)N1CCOC(c2cnn(C)c2)C1. The van der Waals surface area contributed by atoms with Crippen molar-refractivity contribution in [3.05, 3.63) is 18.0 Å². The van der Waals surface area contributed by atoms with E-state index < -0.39 is 0 Å². The first kappa shape index (κ1) is 17.3. The molecule has 8 heteroatoms. The van der Waals surface area contributed by atoms with Crippen molar-refractivity contribution in [1.29, 1.82) is 0 Å². The molecule has 1 unspecified atom stereocenters. The van der Waals surface area contributed by atoms with Crippen LogP contribution in [0.2, 0.25) is 0 Å². The molecule has 0 saturated carbocycles. The number of aryl methyl sites for hydroxylation is 1. The second kappa shape index (κ2) is 8.52. The molecule has 2 rings (SSSR count). The summed E-state index contributed by atoms with van der Waals surface area (Å²) < 4.78 is 7.59. The number of rotatable bonds is 5. The lowest BCUT2D eigenvalue weighted by molar-refractivity contribution is -0.120. The summed E-state index contributed by atoms with van der Waals surface area (Å²) in [5.41, 5.74) is 1.05. The van der Waals surface area contributed by atoms with Crippen LogP contribution in [0.25, 0.3) is 0 Å². The van der Waals surface area contributed by atoms with Crippen LogP contribution in [0, 0.1) is 0 Å². The molecule has 2 N–H and O–H groups in total. The number of nitrogens with zero attached hydrogens (tertiary/aromatic N) is 4. The van der Waals surface area contributed by atoms with Crippen LogP contribution < -0.4 is 10.6 Å². The summed E-state index contributed by atoms with van der Waals surface area (Å²) in [4.78, 5) is 18.1. The number of ether oxygens (including phenoxy) is 1. The van der Waals surface area contributed by atoms with E-state index in [1.54, 1.807) is 11.7 Å². The maximum atomic E-state index is 11.7. The first-order valence-electron chi connectivity index (χ1n) is 7.96. The summed E-state index contributed by atoms with van der Waals surface area (Å²) in [5.74, 6) is 0.693. The maximum Gasteiger partial charge on any atom is 0.239 e. The fourth-order valence-electron chi connectivity index (χ4n) is 2.47. The monoisotopic (exact) mass is 322 g/mol. The summed E-state index contributed by atoms with van der Waals surface area (Å²) in [7, 11) is 3.61. The van der Waals surface area contributed by atoms with Gasteiger partial charge in [-0.2, -0.15) is 5.10 Å². The van der Waals surface area contributed by atoms with Gasteiger partial charge < -0.3 is 20.3 Å². The molecule has 0 bridgehead atoms. The molecule has 23 heavy (non-hydrogen) atoms. The second-order valence-electron chi connectivity index (χ2n) is 5.50. The molecule has 0 radical (unpaired) electrons. The predicted molar refractivity (Wildman–Crippen MR) is 88.1 cm³/mol. The Kier molecular flexibility index (Phi) is 6.40. The van der Waals surface area contributed by atoms with Gasteiger partial charge in [-0.3, -0.25) is 14.5 Å². The molecule has 1 aliphatic heterocycles. The van der Waals surface area contributed by atoms with Crippen LogP contribution in [0.15, 0.2) is 17.4 Å². The zero-order chi connectivity index (χ0) is 16.7. The van der Waals surface area contributed by atoms with E-state index in [1.807, 2.05) is 26.4 Å². The van der Waals surface area contributed by atoms with Gasteiger partial charge in [-0.15, -0.1) is 0 Å². The summed E-state index contributed by atoms with van der Waals surface area (Å²) in [6.07, 6.45) is 4.67. The van der Waals surface area contributed by atoms with E-state index in [1.165, 1.54) is 0 Å². The Morgan fingerprint density at radius 2 is 2.35 bits per heavy atom. The Morgan fingerprint density at radius 1 is 1.52 bits per heavy atom. The minimum Gasteiger partial charge on any atom is -0.370 e. The van der Waals surface area contributed by atoms with Crippen molar-refractivity contribution < 1.29 is 9.53 Å². The molecular formula is C15H26N6O2. The van der Waals surface area contributed by atoms with Crippen molar-refractivity contribution in [2.24, 2.45) is 12.0 Å². The third kappa shape index (κ3) is 4.95. The highest BCUT2D eigenvalue weighted by Gasteiger charge is 2.25. The number of hydrogen-bond donors (Lipinski definition) is 2. The zero-order valence-electron chi connectivity index (χ0n) is 14.1. The van der Waals surface area contributed by atoms with Gasteiger partial charge in [0.05, 0.1) is 25.9 Å². The van der Waals surface area contributed by atoms with E-state index in [0.29, 0.717) is 25.7 Å². The first-order valence-corrected chi connectivity index (χ1v) is 7.96. The van der Waals surface area contributed by atoms with Gasteiger partial charge in [-0.1, -0.05) is 6.92 Å². The van der Waals surface area contributed by atoms with Crippen LogP contribution in [0.5, 0.6) is 0 Å². The van der Waals surface area contributed by atoms with Crippen molar-refractivity contribution >= 4 is 11.9 Å². The molecule has 8 nitrogen and oxygen atoms in total. The highest BCUT2D eigenvalue weighted by atomic mass is 16.5. The van der Waals surface area contributed by atoms with Crippen molar-refractivity contribution in [3.8, 4) is 0 Å². The minimum atomic E-state index is -0.0371. The fraction of sp³-hybridized carbons (Fsp3) is 0.667. The van der Waals surface area contributed by atoms with E-state index in [-0.39, 0.29) is 18.6 Å². The fourth-order valence-corrected chi connectivity index (χ4v) is 2.47. The Balaban J connectivity index is 1.89. The van der Waals surface area contributed by atoms with E-state index >= 15 is 0 Å². The molecule has 1 aliphatic rings. The number of amides is 1. The van der Waals surface area contributed by atoms with Gasteiger partial charge in [0.2, 0.25) is 5.91 Å². The Bertz CT molecular complexity index is 542. The van der Waals surface area contributed by atoms with Gasteiger partial charge in [0.1, 0.15) is 6.10 Å². The number of aliphatic imine (C=N–C) groups is 1. The Labute approximate surface area is 136 Å². The van der Waals surface area contributed by atoms with Gasteiger partial charge in [0.25, 0.3) is 0 Å². The summed E-state index contributed by atoms with van der Waals surface area (Å²) in [6.45, 7) is 4.98. The first-order chi connectivity index (χ1) is 11.1. The molecule has 1 amide bonds. The van der Waals surface area contributed by atoms with Gasteiger partial charge in [-0.25, -0.2) is 0 Å². The third-order valence-corrected chi connectivity index (χ3v) is 3.65. The normalized spacial score (nSPS) is 18.8. The van der Waals surface area contributed by atoms with E-state index in [9.17, 15) is 4.79 Å². The molecule has 1 fully saturated rings. The van der Waals surface area contributed by atoms with Crippen LogP contribution in [-0.2, 0) is 16.6 Å². The third-order valence-electron chi connectivity index (χ3n) is 3.65. The van der Waals surface area contributed by atoms with E-state index in [2.05, 4.69) is 25.6 Å². The lowest BCUT2D eigenvalue weighted by Gasteiger charge is -2.34. The number of morpholine rings is 1. The van der Waals surface area contributed by atoms with Crippen molar-refractivity contribution in [2.45, 2.75) is 19.4 Å². The molecular weight excluding hydrogens is 296 g/mol. The average molecular weight is 322 g/mol. The van der Waals surface area contributed by atoms with Crippen molar-refractivity contribution in [2.75, 3.05) is 39.8 Å².